The Morgan fingerprint density at radius 1 is 1.21 bits per heavy atom. The normalized spacial score (nSPS) is 10.3. The first kappa shape index (κ1) is 14.4. The molecule has 1 aromatic rings. The number of hydrogen-bond acceptors (Lipinski definition) is 4. The number of rotatable bonds is 6. The third kappa shape index (κ3) is 5.49. The van der Waals surface area contributed by atoms with E-state index in [2.05, 4.69) is 0 Å². The maximum absolute atomic E-state index is 10.4. The SMILES string of the molecule is N#CCN(CC#N)Cc1ccc(C=CC(=O)O)cc1. The summed E-state index contributed by atoms with van der Waals surface area (Å²) in [4.78, 5) is 12.1. The predicted octanol–water partition coefficient (Wildman–Crippen LogP) is 1.63. The molecule has 0 bridgehead atoms. The molecule has 19 heavy (non-hydrogen) atoms. The Hall–Kier alpha value is -2.63. The summed E-state index contributed by atoms with van der Waals surface area (Å²) in [6.07, 6.45) is 2.58. The second kappa shape index (κ2) is 7.65. The average Bonchev–Trinajstić information content (AvgIpc) is 2.38. The smallest absolute Gasteiger partial charge is 0.328 e. The molecule has 0 radical (unpaired) electrons. The van der Waals surface area contributed by atoms with Crippen LogP contribution in [0.4, 0.5) is 0 Å². The van der Waals surface area contributed by atoms with Crippen LogP contribution in [-0.4, -0.2) is 29.1 Å². The van der Waals surface area contributed by atoms with E-state index < -0.39 is 5.97 Å². The van der Waals surface area contributed by atoms with Crippen molar-refractivity contribution in [2.75, 3.05) is 13.1 Å². The van der Waals surface area contributed by atoms with Crippen molar-refractivity contribution in [3.63, 3.8) is 0 Å². The summed E-state index contributed by atoms with van der Waals surface area (Å²) in [5, 5.41) is 25.8. The van der Waals surface area contributed by atoms with Crippen LogP contribution in [0.5, 0.6) is 0 Å². The number of nitrogens with zero attached hydrogens (tertiary/aromatic N) is 3. The van der Waals surface area contributed by atoms with Gasteiger partial charge in [0.15, 0.2) is 0 Å². The van der Waals surface area contributed by atoms with Gasteiger partial charge in [-0.1, -0.05) is 24.3 Å². The Morgan fingerprint density at radius 3 is 2.26 bits per heavy atom. The van der Waals surface area contributed by atoms with Crippen LogP contribution in [0.15, 0.2) is 30.3 Å². The van der Waals surface area contributed by atoms with Crippen molar-refractivity contribution in [3.05, 3.63) is 41.5 Å². The number of carboxylic acid groups (broad SMARTS) is 1. The highest BCUT2D eigenvalue weighted by Gasteiger charge is 2.04. The fourth-order valence-corrected chi connectivity index (χ4v) is 1.53. The van der Waals surface area contributed by atoms with Gasteiger partial charge in [-0.25, -0.2) is 4.79 Å². The van der Waals surface area contributed by atoms with Crippen LogP contribution in [0.1, 0.15) is 11.1 Å². The molecule has 0 unspecified atom stereocenters. The Balaban J connectivity index is 2.68. The first-order valence-corrected chi connectivity index (χ1v) is 5.62. The summed E-state index contributed by atoms with van der Waals surface area (Å²) in [7, 11) is 0. The molecule has 1 aromatic carbocycles. The third-order valence-electron chi connectivity index (χ3n) is 2.39. The van der Waals surface area contributed by atoms with Crippen molar-refractivity contribution in [3.8, 4) is 12.1 Å². The summed E-state index contributed by atoms with van der Waals surface area (Å²) in [5.41, 5.74) is 1.76. The van der Waals surface area contributed by atoms with E-state index in [1.165, 1.54) is 6.08 Å². The molecule has 0 amide bonds. The highest BCUT2D eigenvalue weighted by atomic mass is 16.4. The van der Waals surface area contributed by atoms with Crippen molar-refractivity contribution in [1.82, 2.24) is 4.90 Å². The zero-order valence-electron chi connectivity index (χ0n) is 10.3. The Morgan fingerprint density at radius 2 is 1.79 bits per heavy atom. The zero-order valence-corrected chi connectivity index (χ0v) is 10.3. The van der Waals surface area contributed by atoms with Gasteiger partial charge in [0.05, 0.1) is 25.2 Å². The van der Waals surface area contributed by atoms with Crippen molar-refractivity contribution >= 4 is 12.0 Å². The van der Waals surface area contributed by atoms with Gasteiger partial charge in [0.1, 0.15) is 0 Å². The maximum atomic E-state index is 10.4. The quantitative estimate of drug-likeness (QED) is 0.616. The molecule has 96 valence electrons. The van der Waals surface area contributed by atoms with Crippen molar-refractivity contribution in [1.29, 1.82) is 10.5 Å². The molecule has 1 rings (SSSR count). The maximum Gasteiger partial charge on any atom is 0.328 e. The number of nitriles is 2. The van der Waals surface area contributed by atoms with E-state index in [9.17, 15) is 4.79 Å². The first-order chi connectivity index (χ1) is 9.15. The van der Waals surface area contributed by atoms with E-state index in [1.54, 1.807) is 17.0 Å². The van der Waals surface area contributed by atoms with Crippen LogP contribution >= 0.6 is 0 Å². The molecule has 0 atom stereocenters. The molecule has 0 saturated carbocycles. The molecular weight excluding hydrogens is 242 g/mol. The number of hydrogen-bond donors (Lipinski definition) is 1. The largest absolute Gasteiger partial charge is 0.478 e. The molecule has 0 heterocycles. The minimum atomic E-state index is -0.988. The van der Waals surface area contributed by atoms with Gasteiger partial charge < -0.3 is 5.11 Å². The minimum absolute atomic E-state index is 0.203. The van der Waals surface area contributed by atoms with E-state index in [0.29, 0.717) is 6.54 Å². The molecule has 0 fully saturated rings. The fraction of sp³-hybridized carbons (Fsp3) is 0.214. The molecule has 1 N–H and O–H groups in total. The van der Waals surface area contributed by atoms with E-state index in [4.69, 9.17) is 15.6 Å². The minimum Gasteiger partial charge on any atom is -0.478 e. The van der Waals surface area contributed by atoms with Crippen LogP contribution in [0.25, 0.3) is 6.08 Å². The fourth-order valence-electron chi connectivity index (χ4n) is 1.53. The van der Waals surface area contributed by atoms with Crippen LogP contribution in [-0.2, 0) is 11.3 Å². The molecule has 0 aliphatic carbocycles. The first-order valence-electron chi connectivity index (χ1n) is 5.62. The Labute approximate surface area is 111 Å². The van der Waals surface area contributed by atoms with Gasteiger partial charge in [-0.2, -0.15) is 10.5 Å². The average molecular weight is 255 g/mol. The molecule has 0 aliphatic heterocycles. The van der Waals surface area contributed by atoms with Gasteiger partial charge >= 0.3 is 5.97 Å². The summed E-state index contributed by atoms with van der Waals surface area (Å²) in [6, 6.07) is 11.3. The lowest BCUT2D eigenvalue weighted by Crippen LogP contribution is -2.23. The van der Waals surface area contributed by atoms with Crippen molar-refractivity contribution < 1.29 is 9.90 Å². The molecule has 0 saturated heterocycles. The molecule has 0 aliphatic rings. The number of benzene rings is 1. The van der Waals surface area contributed by atoms with E-state index in [0.717, 1.165) is 17.2 Å². The second-order valence-electron chi connectivity index (χ2n) is 3.87. The number of aliphatic carboxylic acids is 1. The lowest BCUT2D eigenvalue weighted by atomic mass is 10.1. The van der Waals surface area contributed by atoms with Crippen molar-refractivity contribution in [2.24, 2.45) is 0 Å². The monoisotopic (exact) mass is 255 g/mol. The van der Waals surface area contributed by atoms with Crippen LogP contribution < -0.4 is 0 Å². The highest BCUT2D eigenvalue weighted by Crippen LogP contribution is 2.08. The van der Waals surface area contributed by atoms with Crippen molar-refractivity contribution in [2.45, 2.75) is 6.54 Å². The topological polar surface area (TPSA) is 88.1 Å². The summed E-state index contributed by atoms with van der Waals surface area (Å²) in [5.74, 6) is -0.988. The Bertz CT molecular complexity index is 519. The van der Waals surface area contributed by atoms with Crippen LogP contribution in [0, 0.1) is 22.7 Å². The van der Waals surface area contributed by atoms with E-state index in [-0.39, 0.29) is 13.1 Å². The van der Waals surface area contributed by atoms with E-state index >= 15 is 0 Å². The van der Waals surface area contributed by atoms with Gasteiger partial charge in [0.2, 0.25) is 0 Å². The van der Waals surface area contributed by atoms with Gasteiger partial charge in [-0.3, -0.25) is 4.90 Å². The van der Waals surface area contributed by atoms with Gasteiger partial charge in [0.25, 0.3) is 0 Å². The summed E-state index contributed by atoms with van der Waals surface area (Å²) in [6.45, 7) is 0.923. The lowest BCUT2D eigenvalue weighted by molar-refractivity contribution is -0.131. The lowest BCUT2D eigenvalue weighted by Gasteiger charge is -2.15. The number of carboxylic acids is 1. The van der Waals surface area contributed by atoms with Crippen LogP contribution in [0.3, 0.4) is 0 Å². The summed E-state index contributed by atoms with van der Waals surface area (Å²) >= 11 is 0. The Kier molecular flexibility index (Phi) is 5.81. The highest BCUT2D eigenvalue weighted by molar-refractivity contribution is 5.85. The molecular formula is C14H13N3O2. The van der Waals surface area contributed by atoms with Crippen LogP contribution in [0.2, 0.25) is 0 Å². The molecule has 5 nitrogen and oxygen atoms in total. The predicted molar refractivity (Wildman–Crippen MR) is 69.6 cm³/mol. The number of carbonyl (C=O) groups is 1. The molecule has 0 aromatic heterocycles. The molecule has 5 heteroatoms. The third-order valence-corrected chi connectivity index (χ3v) is 2.39. The summed E-state index contributed by atoms with van der Waals surface area (Å²) < 4.78 is 0. The standard InChI is InChI=1S/C14H13N3O2/c15-7-9-17(10-8-16)11-13-3-1-12(2-4-13)5-6-14(18)19/h1-6H,9-11H2,(H,18,19). The van der Waals surface area contributed by atoms with Gasteiger partial charge in [0, 0.05) is 12.6 Å². The van der Waals surface area contributed by atoms with E-state index in [1.807, 2.05) is 24.3 Å². The van der Waals surface area contributed by atoms with Gasteiger partial charge in [-0.05, 0) is 17.2 Å². The zero-order chi connectivity index (χ0) is 14.1. The second-order valence-corrected chi connectivity index (χ2v) is 3.87. The molecule has 0 spiro atoms. The van der Waals surface area contributed by atoms with Gasteiger partial charge in [-0.15, -0.1) is 0 Å².